The van der Waals surface area contributed by atoms with Crippen LogP contribution in [0.5, 0.6) is 0 Å². The highest BCUT2D eigenvalue weighted by atomic mass is 32.2. The van der Waals surface area contributed by atoms with Crippen LogP contribution in [-0.2, 0) is 16.3 Å². The highest BCUT2D eigenvalue weighted by Crippen LogP contribution is 2.22. The highest BCUT2D eigenvalue weighted by Gasteiger charge is 2.17. The molecule has 0 aliphatic carbocycles. The van der Waals surface area contributed by atoms with E-state index in [0.29, 0.717) is 17.0 Å². The maximum Gasteiger partial charge on any atom is 0.178 e. The fourth-order valence-electron chi connectivity index (χ4n) is 1.86. The Hall–Kier alpha value is -1.88. The van der Waals surface area contributed by atoms with Gasteiger partial charge in [0.05, 0.1) is 10.6 Å². The molecule has 0 fully saturated rings. The summed E-state index contributed by atoms with van der Waals surface area (Å²) in [5.41, 5.74) is 7.71. The van der Waals surface area contributed by atoms with Crippen LogP contribution >= 0.6 is 0 Å². The van der Waals surface area contributed by atoms with E-state index in [2.05, 4.69) is 4.98 Å². The maximum absolute atomic E-state index is 12.1. The van der Waals surface area contributed by atoms with Crippen molar-refractivity contribution in [2.24, 2.45) is 0 Å². The second kappa shape index (κ2) is 5.40. The molecule has 1 aromatic heterocycles. The van der Waals surface area contributed by atoms with Gasteiger partial charge in [0.1, 0.15) is 0 Å². The number of rotatable bonds is 4. The van der Waals surface area contributed by atoms with E-state index in [-0.39, 0.29) is 5.75 Å². The molecule has 100 valence electrons. The summed E-state index contributed by atoms with van der Waals surface area (Å²) >= 11 is 0. The SMILES string of the molecule is CCS(=O)(=O)c1cc(N)ccc1Cc1ccccn1. The predicted molar refractivity (Wildman–Crippen MR) is 75.6 cm³/mol. The van der Waals surface area contributed by atoms with Crippen molar-refractivity contribution < 1.29 is 8.42 Å². The molecular formula is C14H16N2O2S. The van der Waals surface area contributed by atoms with Gasteiger partial charge in [0.25, 0.3) is 0 Å². The lowest BCUT2D eigenvalue weighted by Crippen LogP contribution is -2.09. The molecule has 4 nitrogen and oxygen atoms in total. The number of aromatic nitrogens is 1. The lowest BCUT2D eigenvalue weighted by atomic mass is 10.1. The van der Waals surface area contributed by atoms with Crippen LogP contribution < -0.4 is 5.73 Å². The van der Waals surface area contributed by atoms with Crippen molar-refractivity contribution >= 4 is 15.5 Å². The van der Waals surface area contributed by atoms with Crippen molar-refractivity contribution in [2.75, 3.05) is 11.5 Å². The fourth-order valence-corrected chi connectivity index (χ4v) is 3.03. The molecule has 19 heavy (non-hydrogen) atoms. The molecule has 0 bridgehead atoms. The van der Waals surface area contributed by atoms with E-state index in [1.165, 1.54) is 6.07 Å². The minimum atomic E-state index is -3.28. The molecule has 0 aliphatic rings. The first-order valence-electron chi connectivity index (χ1n) is 6.04. The zero-order valence-corrected chi connectivity index (χ0v) is 11.5. The summed E-state index contributed by atoms with van der Waals surface area (Å²) in [6, 6.07) is 10.6. The van der Waals surface area contributed by atoms with E-state index in [0.717, 1.165) is 11.3 Å². The number of nitrogens with zero attached hydrogens (tertiary/aromatic N) is 1. The summed E-state index contributed by atoms with van der Waals surface area (Å²) < 4.78 is 24.2. The molecule has 2 N–H and O–H groups in total. The van der Waals surface area contributed by atoms with Crippen molar-refractivity contribution in [1.82, 2.24) is 4.98 Å². The Morgan fingerprint density at radius 1 is 1.21 bits per heavy atom. The molecule has 2 rings (SSSR count). The van der Waals surface area contributed by atoms with Gasteiger partial charge >= 0.3 is 0 Å². The average Bonchev–Trinajstić information content (AvgIpc) is 2.42. The molecule has 0 aliphatic heterocycles. The molecule has 0 amide bonds. The van der Waals surface area contributed by atoms with Crippen LogP contribution in [0.25, 0.3) is 0 Å². The Labute approximate surface area is 113 Å². The Morgan fingerprint density at radius 2 is 2.00 bits per heavy atom. The van der Waals surface area contributed by atoms with Crippen LogP contribution in [0.15, 0.2) is 47.5 Å². The summed E-state index contributed by atoms with van der Waals surface area (Å²) in [6.07, 6.45) is 2.18. The van der Waals surface area contributed by atoms with Crippen molar-refractivity contribution in [1.29, 1.82) is 0 Å². The smallest absolute Gasteiger partial charge is 0.178 e. The van der Waals surface area contributed by atoms with Gasteiger partial charge in [-0.2, -0.15) is 0 Å². The Balaban J connectivity index is 2.47. The highest BCUT2D eigenvalue weighted by molar-refractivity contribution is 7.91. The third-order valence-corrected chi connectivity index (χ3v) is 4.71. The summed E-state index contributed by atoms with van der Waals surface area (Å²) in [5, 5.41) is 0. The van der Waals surface area contributed by atoms with Gasteiger partial charge in [-0.3, -0.25) is 4.98 Å². The van der Waals surface area contributed by atoms with Crippen LogP contribution in [-0.4, -0.2) is 19.2 Å². The first-order chi connectivity index (χ1) is 9.03. The molecule has 1 aromatic carbocycles. The molecule has 0 spiro atoms. The molecule has 5 heteroatoms. The van der Waals surface area contributed by atoms with Crippen molar-refractivity contribution in [3.05, 3.63) is 53.9 Å². The van der Waals surface area contributed by atoms with E-state index in [1.807, 2.05) is 18.2 Å². The number of hydrogen-bond donors (Lipinski definition) is 1. The second-order valence-corrected chi connectivity index (χ2v) is 6.52. The monoisotopic (exact) mass is 276 g/mol. The minimum Gasteiger partial charge on any atom is -0.399 e. The van der Waals surface area contributed by atoms with Crippen LogP contribution in [0.2, 0.25) is 0 Å². The predicted octanol–water partition coefficient (Wildman–Crippen LogP) is 2.05. The van der Waals surface area contributed by atoms with E-state index >= 15 is 0 Å². The second-order valence-electron chi connectivity index (χ2n) is 4.27. The van der Waals surface area contributed by atoms with Crippen LogP contribution in [0, 0.1) is 0 Å². The number of benzene rings is 1. The van der Waals surface area contributed by atoms with E-state index < -0.39 is 9.84 Å². The lowest BCUT2D eigenvalue weighted by molar-refractivity contribution is 0.596. The van der Waals surface area contributed by atoms with Gasteiger partial charge in [0.2, 0.25) is 0 Å². The summed E-state index contributed by atoms with van der Waals surface area (Å²) in [4.78, 5) is 4.53. The van der Waals surface area contributed by atoms with Gasteiger partial charge in [0.15, 0.2) is 9.84 Å². The van der Waals surface area contributed by atoms with Gasteiger partial charge in [-0.15, -0.1) is 0 Å². The van der Waals surface area contributed by atoms with Gasteiger partial charge < -0.3 is 5.73 Å². The van der Waals surface area contributed by atoms with E-state index in [4.69, 9.17) is 5.73 Å². The normalized spacial score (nSPS) is 11.4. The Morgan fingerprint density at radius 3 is 2.63 bits per heavy atom. The van der Waals surface area contributed by atoms with Gasteiger partial charge in [-0.1, -0.05) is 19.1 Å². The minimum absolute atomic E-state index is 0.0612. The first kappa shape index (κ1) is 13.5. The van der Waals surface area contributed by atoms with Crippen molar-refractivity contribution in [3.8, 4) is 0 Å². The zero-order valence-electron chi connectivity index (χ0n) is 10.7. The quantitative estimate of drug-likeness (QED) is 0.867. The molecule has 0 atom stereocenters. The Kier molecular flexibility index (Phi) is 3.85. The average molecular weight is 276 g/mol. The molecular weight excluding hydrogens is 260 g/mol. The summed E-state index contributed by atoms with van der Waals surface area (Å²) in [5.74, 6) is 0.0612. The molecule has 0 saturated carbocycles. The Bertz CT molecular complexity index is 667. The van der Waals surface area contributed by atoms with Gasteiger partial charge in [-0.05, 0) is 29.8 Å². The number of nitrogens with two attached hydrogens (primary N) is 1. The standard InChI is InChI=1S/C14H16N2O2S/c1-2-19(17,18)14-10-12(15)7-6-11(14)9-13-5-3-4-8-16-13/h3-8,10H,2,9,15H2,1H3. The fraction of sp³-hybridized carbons (Fsp3) is 0.214. The number of nitrogen functional groups attached to an aromatic ring is 1. The van der Waals surface area contributed by atoms with Crippen molar-refractivity contribution in [3.63, 3.8) is 0 Å². The molecule has 0 radical (unpaired) electrons. The van der Waals surface area contributed by atoms with E-state index in [9.17, 15) is 8.42 Å². The maximum atomic E-state index is 12.1. The molecule has 1 heterocycles. The first-order valence-corrected chi connectivity index (χ1v) is 7.69. The largest absolute Gasteiger partial charge is 0.399 e. The summed E-state index contributed by atoms with van der Waals surface area (Å²) in [7, 11) is -3.28. The molecule has 0 saturated heterocycles. The number of pyridine rings is 1. The van der Waals surface area contributed by atoms with Crippen LogP contribution in [0.1, 0.15) is 18.2 Å². The number of hydrogen-bond acceptors (Lipinski definition) is 4. The third kappa shape index (κ3) is 3.12. The lowest BCUT2D eigenvalue weighted by Gasteiger charge is -2.10. The van der Waals surface area contributed by atoms with E-state index in [1.54, 1.807) is 25.3 Å². The van der Waals surface area contributed by atoms with Crippen LogP contribution in [0.4, 0.5) is 5.69 Å². The van der Waals surface area contributed by atoms with Gasteiger partial charge in [-0.25, -0.2) is 8.42 Å². The van der Waals surface area contributed by atoms with Crippen LogP contribution in [0.3, 0.4) is 0 Å². The number of sulfone groups is 1. The van der Waals surface area contributed by atoms with Gasteiger partial charge in [0, 0.05) is 24.0 Å². The molecule has 0 unspecified atom stereocenters. The summed E-state index contributed by atoms with van der Waals surface area (Å²) in [6.45, 7) is 1.63. The topological polar surface area (TPSA) is 73.0 Å². The third-order valence-electron chi connectivity index (χ3n) is 2.90. The number of anilines is 1. The molecule has 2 aromatic rings. The zero-order chi connectivity index (χ0) is 13.9. The van der Waals surface area contributed by atoms with Crippen molar-refractivity contribution in [2.45, 2.75) is 18.2 Å².